The van der Waals surface area contributed by atoms with Crippen molar-refractivity contribution in [2.75, 3.05) is 25.6 Å². The van der Waals surface area contributed by atoms with Crippen LogP contribution in [0.3, 0.4) is 0 Å². The van der Waals surface area contributed by atoms with Gasteiger partial charge in [0.05, 0.1) is 6.10 Å². The highest BCUT2D eigenvalue weighted by Crippen LogP contribution is 1.86. The first-order valence-corrected chi connectivity index (χ1v) is 4.88. The Balaban J connectivity index is 3.13. The monoisotopic (exact) mass is 191 g/mol. The number of halogens is 1. The number of rotatable bonds is 7. The van der Waals surface area contributed by atoms with Gasteiger partial charge in [-0.25, -0.2) is 0 Å². The molecule has 0 aromatic carbocycles. The Morgan fingerprint density at radius 2 is 2.25 bits per heavy atom. The van der Waals surface area contributed by atoms with Crippen LogP contribution in [0.5, 0.6) is 0 Å². The maximum absolute atomic E-state index is 5.45. The quantitative estimate of drug-likeness (QED) is 0.377. The summed E-state index contributed by atoms with van der Waals surface area (Å²) < 4.78 is 5.34. The molecule has 0 fully saturated rings. The normalized spacial score (nSPS) is 13.9. The van der Waals surface area contributed by atoms with Gasteiger partial charge in [0, 0.05) is 25.6 Å². The van der Waals surface area contributed by atoms with Crippen molar-refractivity contribution in [2.45, 2.75) is 20.0 Å². The summed E-state index contributed by atoms with van der Waals surface area (Å²) in [5, 5.41) is 3.23. The van der Waals surface area contributed by atoms with Gasteiger partial charge in [0.15, 0.2) is 0 Å². The van der Waals surface area contributed by atoms with Gasteiger partial charge in [-0.2, -0.15) is 0 Å². The van der Waals surface area contributed by atoms with E-state index in [1.807, 2.05) is 19.1 Å². The van der Waals surface area contributed by atoms with Gasteiger partial charge in [-0.15, -0.1) is 11.6 Å². The van der Waals surface area contributed by atoms with Crippen LogP contribution in [-0.4, -0.2) is 31.7 Å². The molecule has 1 unspecified atom stereocenters. The molecule has 1 atom stereocenters. The lowest BCUT2D eigenvalue weighted by Gasteiger charge is -2.10. The Labute approximate surface area is 79.9 Å². The van der Waals surface area contributed by atoms with Gasteiger partial charge < -0.3 is 10.1 Å². The minimum absolute atomic E-state index is 0.291. The minimum atomic E-state index is 0.291. The third kappa shape index (κ3) is 8.05. The molecule has 0 saturated heterocycles. The molecule has 0 aliphatic rings. The van der Waals surface area contributed by atoms with E-state index in [1.54, 1.807) is 0 Å². The largest absolute Gasteiger partial charge is 0.377 e. The van der Waals surface area contributed by atoms with Crippen molar-refractivity contribution in [3.63, 3.8) is 0 Å². The van der Waals surface area contributed by atoms with Crippen LogP contribution in [0, 0.1) is 0 Å². The maximum Gasteiger partial charge on any atom is 0.0671 e. The summed E-state index contributed by atoms with van der Waals surface area (Å²) >= 11 is 5.45. The van der Waals surface area contributed by atoms with Crippen LogP contribution in [0.4, 0.5) is 0 Å². The van der Waals surface area contributed by atoms with E-state index >= 15 is 0 Å². The molecule has 0 aromatic rings. The standard InChI is InChI=1S/C9H18ClNO/c1-3-12-9(2)8-11-7-5-4-6-10/h4-5,9,11H,3,6-8H2,1-2H3/b5-4+. The van der Waals surface area contributed by atoms with Crippen LogP contribution in [0.2, 0.25) is 0 Å². The van der Waals surface area contributed by atoms with E-state index in [1.165, 1.54) is 0 Å². The van der Waals surface area contributed by atoms with Gasteiger partial charge in [0.2, 0.25) is 0 Å². The molecular weight excluding hydrogens is 174 g/mol. The highest BCUT2D eigenvalue weighted by Gasteiger charge is 1.97. The second-order valence-corrected chi connectivity index (χ2v) is 2.86. The molecule has 0 aliphatic heterocycles. The molecule has 1 N–H and O–H groups in total. The van der Waals surface area contributed by atoms with Gasteiger partial charge in [-0.05, 0) is 13.8 Å². The van der Waals surface area contributed by atoms with Crippen LogP contribution in [0.25, 0.3) is 0 Å². The topological polar surface area (TPSA) is 21.3 Å². The summed E-state index contributed by atoms with van der Waals surface area (Å²) in [7, 11) is 0. The van der Waals surface area contributed by atoms with Crippen molar-refractivity contribution >= 4 is 11.6 Å². The fourth-order valence-corrected chi connectivity index (χ4v) is 0.986. The molecule has 0 aliphatic carbocycles. The van der Waals surface area contributed by atoms with Crippen LogP contribution in [0.15, 0.2) is 12.2 Å². The second-order valence-electron chi connectivity index (χ2n) is 2.55. The Morgan fingerprint density at radius 3 is 2.83 bits per heavy atom. The molecule has 0 aromatic heterocycles. The Kier molecular flexibility index (Phi) is 9.00. The van der Waals surface area contributed by atoms with Crippen LogP contribution in [-0.2, 0) is 4.74 Å². The smallest absolute Gasteiger partial charge is 0.0671 e. The maximum atomic E-state index is 5.45. The van der Waals surface area contributed by atoms with Gasteiger partial charge >= 0.3 is 0 Å². The van der Waals surface area contributed by atoms with E-state index in [9.17, 15) is 0 Å². The average molecular weight is 192 g/mol. The number of hydrogen-bond acceptors (Lipinski definition) is 2. The molecule has 72 valence electrons. The highest BCUT2D eigenvalue weighted by molar-refractivity contribution is 6.18. The molecular formula is C9H18ClNO. The number of allylic oxidation sites excluding steroid dienone is 1. The first kappa shape index (κ1) is 11.9. The second kappa shape index (κ2) is 9.04. The van der Waals surface area contributed by atoms with Crippen LogP contribution < -0.4 is 5.32 Å². The zero-order valence-corrected chi connectivity index (χ0v) is 8.60. The molecule has 0 saturated carbocycles. The Hall–Kier alpha value is -0.0500. The number of hydrogen-bond donors (Lipinski definition) is 1. The zero-order valence-electron chi connectivity index (χ0n) is 7.85. The third-order valence-electron chi connectivity index (χ3n) is 1.40. The molecule has 0 rings (SSSR count). The highest BCUT2D eigenvalue weighted by atomic mass is 35.5. The average Bonchev–Trinajstić information content (AvgIpc) is 2.05. The van der Waals surface area contributed by atoms with E-state index in [4.69, 9.17) is 16.3 Å². The lowest BCUT2D eigenvalue weighted by molar-refractivity contribution is 0.0769. The minimum Gasteiger partial charge on any atom is -0.377 e. The van der Waals surface area contributed by atoms with Gasteiger partial charge in [-0.1, -0.05) is 12.2 Å². The fraction of sp³-hybridized carbons (Fsp3) is 0.778. The predicted octanol–water partition coefficient (Wildman–Crippen LogP) is 1.80. The zero-order chi connectivity index (χ0) is 9.23. The van der Waals surface area contributed by atoms with E-state index in [0.29, 0.717) is 12.0 Å². The fourth-order valence-electron chi connectivity index (χ4n) is 0.860. The van der Waals surface area contributed by atoms with Gasteiger partial charge in [0.1, 0.15) is 0 Å². The van der Waals surface area contributed by atoms with Crippen molar-refractivity contribution < 1.29 is 4.74 Å². The molecule has 0 heterocycles. The lowest BCUT2D eigenvalue weighted by Crippen LogP contribution is -2.26. The van der Waals surface area contributed by atoms with Gasteiger partial charge in [0.25, 0.3) is 0 Å². The van der Waals surface area contributed by atoms with E-state index in [2.05, 4.69) is 12.2 Å². The Bertz CT molecular complexity index is 117. The van der Waals surface area contributed by atoms with Crippen LogP contribution in [0.1, 0.15) is 13.8 Å². The summed E-state index contributed by atoms with van der Waals surface area (Å²) in [6.45, 7) is 6.59. The van der Waals surface area contributed by atoms with Crippen molar-refractivity contribution in [1.29, 1.82) is 0 Å². The Morgan fingerprint density at radius 1 is 1.50 bits per heavy atom. The molecule has 0 radical (unpaired) electrons. The molecule has 12 heavy (non-hydrogen) atoms. The summed E-state index contributed by atoms with van der Waals surface area (Å²) in [5.41, 5.74) is 0. The number of nitrogens with one attached hydrogen (secondary N) is 1. The lowest BCUT2D eigenvalue weighted by atomic mass is 10.4. The molecule has 3 heteroatoms. The van der Waals surface area contributed by atoms with E-state index < -0.39 is 0 Å². The van der Waals surface area contributed by atoms with Gasteiger partial charge in [-0.3, -0.25) is 0 Å². The summed E-state index contributed by atoms with van der Waals surface area (Å²) in [4.78, 5) is 0. The summed E-state index contributed by atoms with van der Waals surface area (Å²) in [6, 6.07) is 0. The third-order valence-corrected chi connectivity index (χ3v) is 1.58. The van der Waals surface area contributed by atoms with Crippen molar-refractivity contribution in [3.8, 4) is 0 Å². The number of alkyl halides is 1. The first-order valence-electron chi connectivity index (χ1n) is 4.34. The first-order chi connectivity index (χ1) is 5.81. The summed E-state index contributed by atoms with van der Waals surface area (Å²) in [6.07, 6.45) is 4.24. The van der Waals surface area contributed by atoms with Crippen molar-refractivity contribution in [1.82, 2.24) is 5.32 Å². The predicted molar refractivity (Wildman–Crippen MR) is 53.8 cm³/mol. The summed E-state index contributed by atoms with van der Waals surface area (Å²) in [5.74, 6) is 0.586. The molecule has 0 amide bonds. The van der Waals surface area contributed by atoms with Crippen molar-refractivity contribution in [2.24, 2.45) is 0 Å². The molecule has 0 spiro atoms. The van der Waals surface area contributed by atoms with Crippen LogP contribution >= 0.6 is 11.6 Å². The SMILES string of the molecule is CCOC(C)CNC/C=C/CCl. The molecule has 2 nitrogen and oxygen atoms in total. The van der Waals surface area contributed by atoms with E-state index in [0.717, 1.165) is 19.7 Å². The number of ether oxygens (including phenoxy) is 1. The molecule has 0 bridgehead atoms. The van der Waals surface area contributed by atoms with Crippen molar-refractivity contribution in [3.05, 3.63) is 12.2 Å². The van der Waals surface area contributed by atoms with E-state index in [-0.39, 0.29) is 0 Å².